The maximum absolute atomic E-state index is 9.28. The zero-order valence-corrected chi connectivity index (χ0v) is 9.24. The predicted molar refractivity (Wildman–Crippen MR) is 61.8 cm³/mol. The van der Waals surface area contributed by atoms with Crippen molar-refractivity contribution in [2.24, 2.45) is 0 Å². The van der Waals surface area contributed by atoms with Crippen molar-refractivity contribution in [3.05, 3.63) is 30.3 Å². The Labute approximate surface area is 98.3 Å². The van der Waals surface area contributed by atoms with Crippen molar-refractivity contribution >= 4 is 5.95 Å². The van der Waals surface area contributed by atoms with E-state index in [4.69, 9.17) is 0 Å². The van der Waals surface area contributed by atoms with Gasteiger partial charge in [0.05, 0.1) is 17.8 Å². The minimum Gasteiger partial charge on any atom is -0.394 e. The molecule has 2 N–H and O–H groups in total. The van der Waals surface area contributed by atoms with Crippen molar-refractivity contribution in [3.8, 4) is 5.69 Å². The number of aromatic nitrogens is 4. The third-order valence-electron chi connectivity index (χ3n) is 3.00. The van der Waals surface area contributed by atoms with Gasteiger partial charge >= 0.3 is 0 Å². The molecule has 0 unspecified atom stereocenters. The first kappa shape index (κ1) is 10.2. The molecule has 6 heteroatoms. The number of hydrogen-bond donors (Lipinski definition) is 2. The van der Waals surface area contributed by atoms with Gasteiger partial charge in [-0.25, -0.2) is 0 Å². The Morgan fingerprint density at radius 2 is 2.06 bits per heavy atom. The predicted octanol–water partition coefficient (Wildman–Crippen LogP) is 0.599. The summed E-state index contributed by atoms with van der Waals surface area (Å²) >= 11 is 0. The fourth-order valence-corrected chi connectivity index (χ4v) is 1.72. The molecular weight excluding hydrogens is 218 g/mol. The van der Waals surface area contributed by atoms with E-state index in [0.717, 1.165) is 18.5 Å². The zero-order valence-electron chi connectivity index (χ0n) is 9.24. The van der Waals surface area contributed by atoms with Gasteiger partial charge in [0, 0.05) is 0 Å². The highest BCUT2D eigenvalue weighted by atomic mass is 16.3. The minimum atomic E-state index is -0.221. The number of para-hydroxylation sites is 1. The molecule has 0 aliphatic heterocycles. The van der Waals surface area contributed by atoms with Crippen LogP contribution in [0.3, 0.4) is 0 Å². The van der Waals surface area contributed by atoms with Crippen LogP contribution in [0.2, 0.25) is 0 Å². The van der Waals surface area contributed by atoms with Crippen LogP contribution >= 0.6 is 0 Å². The Morgan fingerprint density at radius 1 is 1.29 bits per heavy atom. The van der Waals surface area contributed by atoms with Crippen molar-refractivity contribution in [1.29, 1.82) is 0 Å². The minimum absolute atomic E-state index is 0.106. The van der Waals surface area contributed by atoms with Crippen molar-refractivity contribution in [2.45, 2.75) is 18.4 Å². The van der Waals surface area contributed by atoms with E-state index in [1.807, 2.05) is 30.3 Å². The highest BCUT2D eigenvalue weighted by molar-refractivity contribution is 5.41. The lowest BCUT2D eigenvalue weighted by Crippen LogP contribution is -2.27. The molecule has 2 aromatic rings. The van der Waals surface area contributed by atoms with Gasteiger partial charge in [-0.15, -0.1) is 0 Å². The molecule has 1 fully saturated rings. The Balaban J connectivity index is 1.90. The lowest BCUT2D eigenvalue weighted by Gasteiger charge is -2.14. The number of nitrogens with zero attached hydrogens (tertiary/aromatic N) is 4. The fourth-order valence-electron chi connectivity index (χ4n) is 1.72. The van der Waals surface area contributed by atoms with E-state index in [-0.39, 0.29) is 12.1 Å². The summed E-state index contributed by atoms with van der Waals surface area (Å²) in [5, 5.41) is 24.0. The molecule has 1 heterocycles. The van der Waals surface area contributed by atoms with Gasteiger partial charge in [-0.1, -0.05) is 23.3 Å². The molecule has 1 aromatic carbocycles. The summed E-state index contributed by atoms with van der Waals surface area (Å²) in [7, 11) is 0. The Kier molecular flexibility index (Phi) is 2.29. The molecule has 0 atom stereocenters. The van der Waals surface area contributed by atoms with Gasteiger partial charge in [-0.2, -0.15) is 4.68 Å². The molecule has 0 amide bonds. The summed E-state index contributed by atoms with van der Waals surface area (Å²) < 4.78 is 1.63. The number of aliphatic hydroxyl groups excluding tert-OH is 1. The standard InChI is InChI=1S/C11H13N5O/c17-8-11(6-7-11)12-10-13-14-15-16(10)9-4-2-1-3-5-9/h1-5,17H,6-8H2,(H,12,13,15). The topological polar surface area (TPSA) is 75.9 Å². The fraction of sp³-hybridized carbons (Fsp3) is 0.364. The lowest BCUT2D eigenvalue weighted by molar-refractivity contribution is 0.265. The Bertz CT molecular complexity index is 506. The number of nitrogens with one attached hydrogen (secondary N) is 1. The van der Waals surface area contributed by atoms with Gasteiger partial charge < -0.3 is 10.4 Å². The lowest BCUT2D eigenvalue weighted by atomic mass is 10.3. The van der Waals surface area contributed by atoms with Gasteiger partial charge in [0.15, 0.2) is 0 Å². The smallest absolute Gasteiger partial charge is 0.248 e. The maximum Gasteiger partial charge on any atom is 0.248 e. The van der Waals surface area contributed by atoms with Gasteiger partial charge in [0.2, 0.25) is 5.95 Å². The molecule has 88 valence electrons. The van der Waals surface area contributed by atoms with Crippen LogP contribution in [0.25, 0.3) is 5.69 Å². The molecule has 1 aliphatic carbocycles. The van der Waals surface area contributed by atoms with Crippen LogP contribution in [0.4, 0.5) is 5.95 Å². The Hall–Kier alpha value is -1.95. The number of rotatable bonds is 4. The molecule has 6 nitrogen and oxygen atoms in total. The van der Waals surface area contributed by atoms with Gasteiger partial charge in [-0.05, 0) is 35.4 Å². The van der Waals surface area contributed by atoms with Crippen molar-refractivity contribution in [3.63, 3.8) is 0 Å². The van der Waals surface area contributed by atoms with E-state index >= 15 is 0 Å². The first-order valence-corrected chi connectivity index (χ1v) is 5.56. The number of hydrogen-bond acceptors (Lipinski definition) is 5. The first-order chi connectivity index (χ1) is 8.33. The van der Waals surface area contributed by atoms with Crippen LogP contribution in [0.1, 0.15) is 12.8 Å². The molecule has 0 bridgehead atoms. The highest BCUT2D eigenvalue weighted by Gasteiger charge is 2.43. The molecule has 1 saturated carbocycles. The van der Waals surface area contributed by atoms with E-state index in [2.05, 4.69) is 20.8 Å². The number of tetrazole rings is 1. The summed E-state index contributed by atoms with van der Waals surface area (Å²) in [5.41, 5.74) is 0.676. The largest absolute Gasteiger partial charge is 0.394 e. The van der Waals surface area contributed by atoms with E-state index in [1.165, 1.54) is 0 Å². The monoisotopic (exact) mass is 231 g/mol. The van der Waals surface area contributed by atoms with Crippen LogP contribution in [-0.4, -0.2) is 37.5 Å². The molecule has 0 radical (unpaired) electrons. The molecule has 3 rings (SSSR count). The molecule has 17 heavy (non-hydrogen) atoms. The third-order valence-corrected chi connectivity index (χ3v) is 3.00. The molecule has 1 aromatic heterocycles. The highest BCUT2D eigenvalue weighted by Crippen LogP contribution is 2.37. The number of anilines is 1. The van der Waals surface area contributed by atoms with Gasteiger partial charge in [0.1, 0.15) is 0 Å². The van der Waals surface area contributed by atoms with E-state index < -0.39 is 0 Å². The normalized spacial score (nSPS) is 16.8. The van der Waals surface area contributed by atoms with Crippen LogP contribution < -0.4 is 5.32 Å². The molecule has 0 spiro atoms. The van der Waals surface area contributed by atoms with Crippen molar-refractivity contribution < 1.29 is 5.11 Å². The van der Waals surface area contributed by atoms with Gasteiger partial charge in [-0.3, -0.25) is 0 Å². The average molecular weight is 231 g/mol. The summed E-state index contributed by atoms with van der Waals surface area (Å²) in [6, 6.07) is 9.66. The summed E-state index contributed by atoms with van der Waals surface area (Å²) in [6.45, 7) is 0.106. The molecule has 0 saturated heterocycles. The number of benzene rings is 1. The van der Waals surface area contributed by atoms with Crippen molar-refractivity contribution in [2.75, 3.05) is 11.9 Å². The van der Waals surface area contributed by atoms with E-state index in [0.29, 0.717) is 5.95 Å². The zero-order chi connectivity index (χ0) is 11.7. The maximum atomic E-state index is 9.28. The van der Waals surface area contributed by atoms with E-state index in [9.17, 15) is 5.11 Å². The SMILES string of the molecule is OCC1(Nc2nnnn2-c2ccccc2)CC1. The Morgan fingerprint density at radius 3 is 2.71 bits per heavy atom. The van der Waals surface area contributed by atoms with Crippen LogP contribution in [0.15, 0.2) is 30.3 Å². The number of aliphatic hydroxyl groups is 1. The van der Waals surface area contributed by atoms with E-state index in [1.54, 1.807) is 4.68 Å². The van der Waals surface area contributed by atoms with Crippen LogP contribution in [0, 0.1) is 0 Å². The average Bonchev–Trinajstić information content (AvgIpc) is 3.00. The van der Waals surface area contributed by atoms with Gasteiger partial charge in [0.25, 0.3) is 0 Å². The van der Waals surface area contributed by atoms with Crippen LogP contribution in [0.5, 0.6) is 0 Å². The second-order valence-electron chi connectivity index (χ2n) is 4.31. The summed E-state index contributed by atoms with van der Waals surface area (Å²) in [6.07, 6.45) is 1.90. The van der Waals surface area contributed by atoms with Crippen molar-refractivity contribution in [1.82, 2.24) is 20.2 Å². The first-order valence-electron chi connectivity index (χ1n) is 5.56. The molecule has 1 aliphatic rings. The second-order valence-corrected chi connectivity index (χ2v) is 4.31. The summed E-state index contributed by atoms with van der Waals surface area (Å²) in [5.74, 6) is 0.572. The summed E-state index contributed by atoms with van der Waals surface area (Å²) in [4.78, 5) is 0. The van der Waals surface area contributed by atoms with Crippen LogP contribution in [-0.2, 0) is 0 Å². The quantitative estimate of drug-likeness (QED) is 0.805. The third kappa shape index (κ3) is 1.87. The molecular formula is C11H13N5O. The second kappa shape index (κ2) is 3.81.